The molecule has 0 radical (unpaired) electrons. The molecule has 0 amide bonds. The van der Waals surface area contributed by atoms with Crippen LogP contribution in [0.25, 0.3) is 10.8 Å². The van der Waals surface area contributed by atoms with Gasteiger partial charge in [-0.05, 0) is 42.7 Å². The monoisotopic (exact) mass is 321 g/mol. The number of hydrogen-bond acceptors (Lipinski definition) is 2. The van der Waals surface area contributed by atoms with Gasteiger partial charge in [0, 0.05) is 17.8 Å². The molecule has 1 aromatic carbocycles. The van der Waals surface area contributed by atoms with Crippen LogP contribution in [-0.4, -0.2) is 11.6 Å². The fourth-order valence-corrected chi connectivity index (χ4v) is 1.97. The van der Waals surface area contributed by atoms with E-state index in [9.17, 15) is 4.39 Å². The third-order valence-corrected chi connectivity index (χ3v) is 3.20. The number of pyridine rings is 1. The van der Waals surface area contributed by atoms with E-state index in [0.717, 1.165) is 16.3 Å². The van der Waals surface area contributed by atoms with Crippen LogP contribution < -0.4 is 4.74 Å². The van der Waals surface area contributed by atoms with Crippen molar-refractivity contribution in [3.8, 4) is 5.75 Å². The second-order valence-electron chi connectivity index (χ2n) is 4.68. The molecule has 1 aliphatic rings. The zero-order valence-corrected chi connectivity index (χ0v) is 15.7. The van der Waals surface area contributed by atoms with Gasteiger partial charge in [-0.15, -0.1) is 0 Å². The Morgan fingerprint density at radius 2 is 1.61 bits per heavy atom. The smallest absolute Gasteiger partial charge is 0.165 e. The Kier molecular flexibility index (Phi) is 11.0. The predicted octanol–water partition coefficient (Wildman–Crippen LogP) is 6.55. The number of halogens is 1. The Morgan fingerprint density at radius 1 is 1.00 bits per heavy atom. The number of fused-ring (bicyclic) bond motifs is 1. The van der Waals surface area contributed by atoms with Gasteiger partial charge in [0.05, 0.1) is 6.61 Å². The van der Waals surface area contributed by atoms with Gasteiger partial charge in [0.2, 0.25) is 0 Å². The van der Waals surface area contributed by atoms with Gasteiger partial charge < -0.3 is 4.74 Å². The van der Waals surface area contributed by atoms with E-state index >= 15 is 0 Å². The highest BCUT2D eigenvalue weighted by molar-refractivity contribution is 5.90. The van der Waals surface area contributed by atoms with Crippen LogP contribution in [0.2, 0.25) is 0 Å². The highest BCUT2D eigenvalue weighted by atomic mass is 19.1. The first-order valence-corrected chi connectivity index (χ1v) is 8.91. The van der Waals surface area contributed by atoms with Crippen molar-refractivity contribution >= 4 is 10.8 Å². The number of nitrogens with zero attached hydrogens (tertiary/aromatic N) is 1. The second-order valence-corrected chi connectivity index (χ2v) is 4.68. The van der Waals surface area contributed by atoms with Crippen LogP contribution in [0.15, 0.2) is 24.5 Å². The molecule has 0 saturated heterocycles. The van der Waals surface area contributed by atoms with Gasteiger partial charge >= 0.3 is 0 Å². The van der Waals surface area contributed by atoms with Crippen LogP contribution in [0.5, 0.6) is 5.75 Å². The maximum Gasteiger partial charge on any atom is 0.165 e. The van der Waals surface area contributed by atoms with Gasteiger partial charge in [-0.2, -0.15) is 0 Å². The van der Waals surface area contributed by atoms with Crippen LogP contribution >= 0.6 is 0 Å². The predicted molar refractivity (Wildman–Crippen MR) is 98.7 cm³/mol. The maximum atomic E-state index is 13.8. The number of aryl methyl sites for hydroxylation is 1. The minimum absolute atomic E-state index is 0.300. The first kappa shape index (κ1) is 21.4. The normalized spacial score (nSPS) is 12.0. The van der Waals surface area contributed by atoms with Crippen LogP contribution in [0, 0.1) is 18.7 Å². The molecule has 23 heavy (non-hydrogen) atoms. The molecule has 1 saturated carbocycles. The van der Waals surface area contributed by atoms with Crippen LogP contribution in [0.1, 0.15) is 59.9 Å². The lowest BCUT2D eigenvalue weighted by atomic mass is 10.1. The van der Waals surface area contributed by atoms with Crippen molar-refractivity contribution in [1.29, 1.82) is 0 Å². The lowest BCUT2D eigenvalue weighted by Gasteiger charge is -2.10. The SMILES string of the molecule is CC.CC.CC.Cc1cncc2c(OCC3CC3)c(F)ccc12. The van der Waals surface area contributed by atoms with Crippen molar-refractivity contribution in [1.82, 2.24) is 4.98 Å². The molecule has 1 aliphatic carbocycles. The van der Waals surface area contributed by atoms with Crippen LogP contribution in [-0.2, 0) is 0 Å². The number of benzene rings is 1. The van der Waals surface area contributed by atoms with Gasteiger partial charge in [-0.25, -0.2) is 4.39 Å². The van der Waals surface area contributed by atoms with Crippen molar-refractivity contribution in [2.24, 2.45) is 5.92 Å². The molecule has 3 heteroatoms. The molecular weight excluding hydrogens is 289 g/mol. The van der Waals surface area contributed by atoms with E-state index in [1.54, 1.807) is 18.5 Å². The third kappa shape index (κ3) is 6.17. The fraction of sp³-hybridized carbons (Fsp3) is 0.550. The summed E-state index contributed by atoms with van der Waals surface area (Å²) in [6.07, 6.45) is 5.85. The van der Waals surface area contributed by atoms with E-state index in [-0.39, 0.29) is 5.82 Å². The average molecular weight is 321 g/mol. The van der Waals surface area contributed by atoms with Crippen molar-refractivity contribution in [3.63, 3.8) is 0 Å². The molecule has 0 bridgehead atoms. The lowest BCUT2D eigenvalue weighted by molar-refractivity contribution is 0.289. The molecule has 1 aromatic heterocycles. The topological polar surface area (TPSA) is 22.1 Å². The summed E-state index contributed by atoms with van der Waals surface area (Å²) in [5.41, 5.74) is 1.04. The van der Waals surface area contributed by atoms with Crippen molar-refractivity contribution in [2.75, 3.05) is 6.61 Å². The molecule has 3 rings (SSSR count). The van der Waals surface area contributed by atoms with Gasteiger partial charge in [-0.3, -0.25) is 4.98 Å². The summed E-state index contributed by atoms with van der Waals surface area (Å²) in [5, 5.41) is 1.78. The van der Waals surface area contributed by atoms with Gasteiger partial charge in [-0.1, -0.05) is 47.6 Å². The van der Waals surface area contributed by atoms with Crippen molar-refractivity contribution in [3.05, 3.63) is 35.9 Å². The van der Waals surface area contributed by atoms with Gasteiger partial charge in [0.15, 0.2) is 11.6 Å². The second kappa shape index (κ2) is 11.9. The van der Waals surface area contributed by atoms with Crippen molar-refractivity contribution < 1.29 is 9.13 Å². The summed E-state index contributed by atoms with van der Waals surface area (Å²) in [7, 11) is 0. The lowest BCUT2D eigenvalue weighted by Crippen LogP contribution is -2.02. The summed E-state index contributed by atoms with van der Waals surface area (Å²) in [5.74, 6) is 0.665. The molecule has 1 heterocycles. The standard InChI is InChI=1S/C14H14FNO.3C2H6/c1-9-6-16-7-12-11(9)4-5-13(15)14(12)17-8-10-2-3-10;3*1-2/h4-7,10H,2-3,8H2,1H3;3*1-2H3. The number of aromatic nitrogens is 1. The summed E-state index contributed by atoms with van der Waals surface area (Å²) in [6, 6.07) is 3.25. The molecule has 0 spiro atoms. The Hall–Kier alpha value is -1.64. The molecule has 0 atom stereocenters. The molecule has 0 N–H and O–H groups in total. The largest absolute Gasteiger partial charge is 0.490 e. The molecular formula is C20H32FNO. The van der Waals surface area contributed by atoms with E-state index < -0.39 is 0 Å². The zero-order valence-electron chi connectivity index (χ0n) is 15.7. The Bertz CT molecular complexity index is 565. The minimum atomic E-state index is -0.300. The highest BCUT2D eigenvalue weighted by Crippen LogP contribution is 2.33. The average Bonchev–Trinajstić information content (AvgIpc) is 3.44. The Morgan fingerprint density at radius 3 is 2.17 bits per heavy atom. The van der Waals surface area contributed by atoms with E-state index in [0.29, 0.717) is 18.3 Å². The number of hydrogen-bond donors (Lipinski definition) is 0. The number of ether oxygens (including phenoxy) is 1. The van der Waals surface area contributed by atoms with E-state index in [1.165, 1.54) is 18.9 Å². The highest BCUT2D eigenvalue weighted by Gasteiger charge is 2.23. The molecule has 130 valence electrons. The first-order valence-electron chi connectivity index (χ1n) is 8.91. The van der Waals surface area contributed by atoms with Crippen molar-refractivity contribution in [2.45, 2.75) is 61.3 Å². The van der Waals surface area contributed by atoms with Gasteiger partial charge in [0.25, 0.3) is 0 Å². The molecule has 0 unspecified atom stereocenters. The van der Waals surface area contributed by atoms with Crippen LogP contribution in [0.4, 0.5) is 4.39 Å². The summed E-state index contributed by atoms with van der Waals surface area (Å²) < 4.78 is 19.4. The van der Waals surface area contributed by atoms with E-state index in [4.69, 9.17) is 4.74 Å². The number of rotatable bonds is 3. The third-order valence-electron chi connectivity index (χ3n) is 3.20. The molecule has 2 nitrogen and oxygen atoms in total. The zero-order chi connectivity index (χ0) is 17.8. The first-order chi connectivity index (χ1) is 11.3. The maximum absolute atomic E-state index is 13.8. The van der Waals surface area contributed by atoms with E-state index in [1.807, 2.05) is 48.5 Å². The summed E-state index contributed by atoms with van der Waals surface area (Å²) in [6.45, 7) is 14.6. The quantitative estimate of drug-likeness (QED) is 0.639. The summed E-state index contributed by atoms with van der Waals surface area (Å²) >= 11 is 0. The molecule has 0 aliphatic heterocycles. The Balaban J connectivity index is 0.000000728. The molecule has 2 aromatic rings. The fourth-order valence-electron chi connectivity index (χ4n) is 1.97. The minimum Gasteiger partial charge on any atom is -0.490 e. The van der Waals surface area contributed by atoms with Crippen LogP contribution in [0.3, 0.4) is 0 Å². The molecule has 1 fully saturated rings. The van der Waals surface area contributed by atoms with E-state index in [2.05, 4.69) is 4.98 Å². The Labute approximate surface area is 141 Å². The summed E-state index contributed by atoms with van der Waals surface area (Å²) in [4.78, 5) is 4.11. The van der Waals surface area contributed by atoms with Gasteiger partial charge in [0.1, 0.15) is 0 Å².